The second-order valence-corrected chi connectivity index (χ2v) is 4.58. The van der Waals surface area contributed by atoms with Gasteiger partial charge in [-0.15, -0.1) is 11.3 Å². The molecule has 1 atom stereocenters. The minimum Gasteiger partial charge on any atom is -0.326 e. The molecule has 1 saturated heterocycles. The van der Waals surface area contributed by atoms with Crippen LogP contribution >= 0.6 is 11.3 Å². The number of thiazole rings is 1. The van der Waals surface area contributed by atoms with Crippen LogP contribution in [0.15, 0.2) is 5.51 Å². The average molecular weight is 197 g/mol. The standard InChI is InChI=1S/C9H15N3S/c1-7-9(13-6-11-7)5-12-3-2-8(10)4-12/h6,8H,2-5,10H2,1H3. The van der Waals surface area contributed by atoms with Crippen molar-refractivity contribution in [2.75, 3.05) is 13.1 Å². The van der Waals surface area contributed by atoms with E-state index in [1.807, 2.05) is 5.51 Å². The van der Waals surface area contributed by atoms with E-state index in [0.717, 1.165) is 26.1 Å². The summed E-state index contributed by atoms with van der Waals surface area (Å²) in [5.41, 5.74) is 8.93. The third-order valence-corrected chi connectivity index (χ3v) is 3.44. The molecular formula is C9H15N3S. The lowest BCUT2D eigenvalue weighted by Crippen LogP contribution is -2.26. The number of rotatable bonds is 2. The topological polar surface area (TPSA) is 42.2 Å². The third-order valence-electron chi connectivity index (χ3n) is 2.52. The van der Waals surface area contributed by atoms with E-state index in [2.05, 4.69) is 16.8 Å². The lowest BCUT2D eigenvalue weighted by atomic mass is 10.3. The van der Waals surface area contributed by atoms with Gasteiger partial charge in [0, 0.05) is 30.6 Å². The van der Waals surface area contributed by atoms with E-state index in [9.17, 15) is 0 Å². The van der Waals surface area contributed by atoms with Crippen LogP contribution in [0.4, 0.5) is 0 Å². The molecule has 2 heterocycles. The van der Waals surface area contributed by atoms with Crippen LogP contribution in [0.1, 0.15) is 17.0 Å². The first-order valence-electron chi connectivity index (χ1n) is 4.62. The molecule has 0 spiro atoms. The van der Waals surface area contributed by atoms with Crippen LogP contribution in [0.5, 0.6) is 0 Å². The number of nitrogens with two attached hydrogens (primary N) is 1. The Bertz CT molecular complexity index is 284. The second kappa shape index (κ2) is 3.74. The Hall–Kier alpha value is -0.450. The zero-order valence-corrected chi connectivity index (χ0v) is 8.68. The largest absolute Gasteiger partial charge is 0.326 e. The summed E-state index contributed by atoms with van der Waals surface area (Å²) in [4.78, 5) is 8.03. The van der Waals surface area contributed by atoms with E-state index < -0.39 is 0 Å². The third kappa shape index (κ3) is 2.07. The van der Waals surface area contributed by atoms with Crippen molar-refractivity contribution >= 4 is 11.3 Å². The molecule has 13 heavy (non-hydrogen) atoms. The van der Waals surface area contributed by atoms with Crippen molar-refractivity contribution in [3.63, 3.8) is 0 Å². The highest BCUT2D eigenvalue weighted by Crippen LogP contribution is 2.17. The van der Waals surface area contributed by atoms with Gasteiger partial charge in [-0.05, 0) is 13.3 Å². The van der Waals surface area contributed by atoms with Crippen molar-refractivity contribution in [1.82, 2.24) is 9.88 Å². The van der Waals surface area contributed by atoms with Gasteiger partial charge in [-0.3, -0.25) is 4.90 Å². The Morgan fingerprint density at radius 1 is 1.77 bits per heavy atom. The highest BCUT2D eigenvalue weighted by molar-refractivity contribution is 7.09. The Kier molecular flexibility index (Phi) is 2.62. The maximum absolute atomic E-state index is 5.84. The Morgan fingerprint density at radius 3 is 3.15 bits per heavy atom. The average Bonchev–Trinajstić information content (AvgIpc) is 2.64. The number of hydrogen-bond acceptors (Lipinski definition) is 4. The van der Waals surface area contributed by atoms with Gasteiger partial charge in [0.15, 0.2) is 0 Å². The SMILES string of the molecule is Cc1ncsc1CN1CCC(N)C1. The molecule has 2 rings (SSSR count). The first-order valence-corrected chi connectivity index (χ1v) is 5.50. The predicted octanol–water partition coefficient (Wildman–Crippen LogP) is 0.985. The summed E-state index contributed by atoms with van der Waals surface area (Å²) in [6.45, 7) is 5.28. The van der Waals surface area contributed by atoms with E-state index in [1.54, 1.807) is 11.3 Å². The summed E-state index contributed by atoms with van der Waals surface area (Å²) in [6, 6.07) is 0.383. The van der Waals surface area contributed by atoms with Crippen molar-refractivity contribution < 1.29 is 0 Å². The van der Waals surface area contributed by atoms with E-state index in [-0.39, 0.29) is 0 Å². The van der Waals surface area contributed by atoms with Gasteiger partial charge in [-0.2, -0.15) is 0 Å². The molecule has 0 aromatic carbocycles. The summed E-state index contributed by atoms with van der Waals surface area (Å²) in [7, 11) is 0. The van der Waals surface area contributed by atoms with Gasteiger partial charge in [-0.25, -0.2) is 4.98 Å². The lowest BCUT2D eigenvalue weighted by molar-refractivity contribution is 0.329. The van der Waals surface area contributed by atoms with Gasteiger partial charge in [0.2, 0.25) is 0 Å². The van der Waals surface area contributed by atoms with Crippen LogP contribution in [0.2, 0.25) is 0 Å². The highest BCUT2D eigenvalue weighted by Gasteiger charge is 2.19. The van der Waals surface area contributed by atoms with Crippen molar-refractivity contribution in [1.29, 1.82) is 0 Å². The molecule has 0 amide bonds. The monoisotopic (exact) mass is 197 g/mol. The van der Waals surface area contributed by atoms with Crippen molar-refractivity contribution in [2.45, 2.75) is 25.9 Å². The van der Waals surface area contributed by atoms with Gasteiger partial charge in [0.1, 0.15) is 0 Å². The summed E-state index contributed by atoms with van der Waals surface area (Å²) >= 11 is 1.74. The van der Waals surface area contributed by atoms with Crippen molar-refractivity contribution in [2.24, 2.45) is 5.73 Å². The normalized spacial score (nSPS) is 24.0. The summed E-state index contributed by atoms with van der Waals surface area (Å²) in [5, 5.41) is 0. The van der Waals surface area contributed by atoms with E-state index >= 15 is 0 Å². The molecule has 72 valence electrons. The molecule has 1 aliphatic rings. The molecule has 0 aliphatic carbocycles. The Balaban J connectivity index is 1.95. The first kappa shape index (κ1) is 9.12. The number of aryl methyl sites for hydroxylation is 1. The van der Waals surface area contributed by atoms with Crippen LogP contribution in [0.3, 0.4) is 0 Å². The molecule has 1 aliphatic heterocycles. The Morgan fingerprint density at radius 2 is 2.62 bits per heavy atom. The van der Waals surface area contributed by atoms with Gasteiger partial charge in [-0.1, -0.05) is 0 Å². The fourth-order valence-corrected chi connectivity index (χ4v) is 2.51. The molecule has 1 aromatic rings. The molecule has 3 nitrogen and oxygen atoms in total. The molecule has 1 aromatic heterocycles. The Labute approximate surface area is 82.6 Å². The molecule has 1 fully saturated rings. The highest BCUT2D eigenvalue weighted by atomic mass is 32.1. The number of likely N-dealkylation sites (tertiary alicyclic amines) is 1. The smallest absolute Gasteiger partial charge is 0.0798 e. The number of nitrogens with zero attached hydrogens (tertiary/aromatic N) is 2. The number of hydrogen-bond donors (Lipinski definition) is 1. The second-order valence-electron chi connectivity index (χ2n) is 3.64. The minimum absolute atomic E-state index is 0.383. The minimum atomic E-state index is 0.383. The maximum atomic E-state index is 5.84. The molecule has 4 heteroatoms. The van der Waals surface area contributed by atoms with E-state index in [1.165, 1.54) is 10.6 Å². The number of aromatic nitrogens is 1. The molecular weight excluding hydrogens is 182 g/mol. The van der Waals surface area contributed by atoms with E-state index in [4.69, 9.17) is 5.73 Å². The fraction of sp³-hybridized carbons (Fsp3) is 0.667. The summed E-state index contributed by atoms with van der Waals surface area (Å²) in [6.07, 6.45) is 1.14. The zero-order valence-electron chi connectivity index (χ0n) is 7.86. The molecule has 0 bridgehead atoms. The fourth-order valence-electron chi connectivity index (χ4n) is 1.69. The summed E-state index contributed by atoms with van der Waals surface area (Å²) < 4.78 is 0. The molecule has 2 N–H and O–H groups in total. The van der Waals surface area contributed by atoms with Crippen LogP contribution in [0.25, 0.3) is 0 Å². The first-order chi connectivity index (χ1) is 6.25. The zero-order chi connectivity index (χ0) is 9.26. The molecule has 0 radical (unpaired) electrons. The van der Waals surface area contributed by atoms with Gasteiger partial charge in [0.05, 0.1) is 11.2 Å². The van der Waals surface area contributed by atoms with Crippen LogP contribution in [-0.2, 0) is 6.54 Å². The van der Waals surface area contributed by atoms with Gasteiger partial charge in [0.25, 0.3) is 0 Å². The molecule has 1 unspecified atom stereocenters. The van der Waals surface area contributed by atoms with Crippen LogP contribution in [0, 0.1) is 6.92 Å². The lowest BCUT2D eigenvalue weighted by Gasteiger charge is -2.13. The van der Waals surface area contributed by atoms with Crippen molar-refractivity contribution in [3.8, 4) is 0 Å². The van der Waals surface area contributed by atoms with Gasteiger partial charge < -0.3 is 5.73 Å². The predicted molar refractivity (Wildman–Crippen MR) is 54.7 cm³/mol. The molecule has 0 saturated carbocycles. The van der Waals surface area contributed by atoms with Crippen molar-refractivity contribution in [3.05, 3.63) is 16.1 Å². The summed E-state index contributed by atoms with van der Waals surface area (Å²) in [5.74, 6) is 0. The quantitative estimate of drug-likeness (QED) is 0.768. The maximum Gasteiger partial charge on any atom is 0.0798 e. The van der Waals surface area contributed by atoms with Crippen LogP contribution < -0.4 is 5.73 Å². The van der Waals surface area contributed by atoms with Crippen LogP contribution in [-0.4, -0.2) is 29.0 Å². The van der Waals surface area contributed by atoms with Gasteiger partial charge >= 0.3 is 0 Å². The van der Waals surface area contributed by atoms with E-state index in [0.29, 0.717) is 6.04 Å².